The van der Waals surface area contributed by atoms with Crippen LogP contribution in [-0.2, 0) is 14.3 Å². The zero-order chi connectivity index (χ0) is 17.8. The fraction of sp³-hybridized carbons (Fsp3) is 0.300. The fourth-order valence-corrected chi connectivity index (χ4v) is 3.23. The van der Waals surface area contributed by atoms with Crippen LogP contribution in [0.2, 0.25) is 0 Å². The normalized spacial score (nSPS) is 17.7. The molecular weight excluding hydrogens is 316 g/mol. The minimum absolute atomic E-state index is 0.00176. The van der Waals surface area contributed by atoms with E-state index in [4.69, 9.17) is 4.74 Å². The molecule has 0 radical (unpaired) electrons. The van der Waals surface area contributed by atoms with E-state index in [1.54, 1.807) is 16.7 Å². The molecule has 25 heavy (non-hydrogen) atoms. The first kappa shape index (κ1) is 17.2. The highest BCUT2D eigenvalue weighted by Gasteiger charge is 2.35. The lowest BCUT2D eigenvalue weighted by Crippen LogP contribution is -2.58. The third-order valence-corrected chi connectivity index (χ3v) is 4.52. The van der Waals surface area contributed by atoms with E-state index in [0.29, 0.717) is 13.1 Å². The molecule has 1 aliphatic rings. The Bertz CT molecular complexity index is 761. The second-order valence-electron chi connectivity index (χ2n) is 6.07. The van der Waals surface area contributed by atoms with Crippen LogP contribution in [-0.4, -0.2) is 49.6 Å². The summed E-state index contributed by atoms with van der Waals surface area (Å²) in [5.41, 5.74) is 2.96. The molecule has 0 bridgehead atoms. The molecule has 2 aromatic rings. The Morgan fingerprint density at radius 1 is 1.08 bits per heavy atom. The summed E-state index contributed by atoms with van der Waals surface area (Å²) in [6, 6.07) is 17.4. The Morgan fingerprint density at radius 3 is 2.48 bits per heavy atom. The number of nitrogens with zero attached hydrogens (tertiary/aromatic N) is 2. The van der Waals surface area contributed by atoms with Crippen molar-refractivity contribution in [1.82, 2.24) is 4.90 Å². The first-order chi connectivity index (χ1) is 12.1. The highest BCUT2D eigenvalue weighted by Crippen LogP contribution is 2.32. The SMILES string of the molecule is COCC(=O)N1CCN(c2ccccc2-c2ccccc2)C(=O)[C@@H]1C. The number of piperazine rings is 1. The number of carbonyl (C=O) groups is 2. The van der Waals surface area contributed by atoms with Gasteiger partial charge in [-0.15, -0.1) is 0 Å². The lowest BCUT2D eigenvalue weighted by atomic mass is 10.0. The van der Waals surface area contributed by atoms with Gasteiger partial charge in [-0.05, 0) is 18.6 Å². The molecule has 0 unspecified atom stereocenters. The fourth-order valence-electron chi connectivity index (χ4n) is 3.23. The van der Waals surface area contributed by atoms with E-state index in [1.165, 1.54) is 7.11 Å². The Hall–Kier alpha value is -2.66. The van der Waals surface area contributed by atoms with Crippen LogP contribution in [0.4, 0.5) is 5.69 Å². The van der Waals surface area contributed by atoms with Gasteiger partial charge in [0.25, 0.3) is 0 Å². The van der Waals surface area contributed by atoms with E-state index in [9.17, 15) is 9.59 Å². The Morgan fingerprint density at radius 2 is 1.76 bits per heavy atom. The van der Waals surface area contributed by atoms with Gasteiger partial charge in [-0.2, -0.15) is 0 Å². The van der Waals surface area contributed by atoms with E-state index >= 15 is 0 Å². The van der Waals surface area contributed by atoms with Gasteiger partial charge in [0.05, 0.1) is 5.69 Å². The molecule has 0 N–H and O–H groups in total. The molecule has 0 aliphatic carbocycles. The molecular formula is C20H22N2O3. The van der Waals surface area contributed by atoms with Gasteiger partial charge in [0.2, 0.25) is 11.8 Å². The number of hydrogen-bond donors (Lipinski definition) is 0. The second kappa shape index (κ2) is 7.49. The quantitative estimate of drug-likeness (QED) is 0.861. The standard InChI is InChI=1S/C20H22N2O3/c1-15-20(24)22(13-12-21(15)19(23)14-25-2)18-11-7-6-10-17(18)16-8-4-3-5-9-16/h3-11,15H,12-14H2,1-2H3/t15-/m0/s1. The zero-order valence-corrected chi connectivity index (χ0v) is 14.5. The zero-order valence-electron chi connectivity index (χ0n) is 14.5. The van der Waals surface area contributed by atoms with E-state index in [0.717, 1.165) is 16.8 Å². The number of carbonyl (C=O) groups excluding carboxylic acids is 2. The molecule has 1 heterocycles. The Labute approximate surface area is 147 Å². The number of rotatable bonds is 4. The number of anilines is 1. The van der Waals surface area contributed by atoms with Crippen LogP contribution in [0.1, 0.15) is 6.92 Å². The van der Waals surface area contributed by atoms with E-state index < -0.39 is 6.04 Å². The summed E-state index contributed by atoms with van der Waals surface area (Å²) in [5, 5.41) is 0. The van der Waals surface area contributed by atoms with Gasteiger partial charge in [-0.25, -0.2) is 0 Å². The smallest absolute Gasteiger partial charge is 0.249 e. The van der Waals surface area contributed by atoms with Gasteiger partial charge in [0, 0.05) is 25.8 Å². The van der Waals surface area contributed by atoms with Gasteiger partial charge in [0.1, 0.15) is 12.6 Å². The van der Waals surface area contributed by atoms with E-state index in [2.05, 4.69) is 0 Å². The molecule has 130 valence electrons. The largest absolute Gasteiger partial charge is 0.375 e. The molecule has 1 fully saturated rings. The molecule has 1 atom stereocenters. The van der Waals surface area contributed by atoms with Crippen molar-refractivity contribution in [3.05, 3.63) is 54.6 Å². The van der Waals surface area contributed by atoms with Crippen molar-refractivity contribution in [2.45, 2.75) is 13.0 Å². The summed E-state index contributed by atoms with van der Waals surface area (Å²) < 4.78 is 4.91. The summed E-state index contributed by atoms with van der Waals surface area (Å²) >= 11 is 0. The van der Waals surface area contributed by atoms with E-state index in [1.807, 2.05) is 54.6 Å². The van der Waals surface area contributed by atoms with Crippen molar-refractivity contribution in [3.63, 3.8) is 0 Å². The average Bonchev–Trinajstić information content (AvgIpc) is 2.65. The predicted octanol–water partition coefficient (Wildman–Crippen LogP) is 2.56. The third-order valence-electron chi connectivity index (χ3n) is 4.52. The summed E-state index contributed by atoms with van der Waals surface area (Å²) in [7, 11) is 1.48. The van der Waals surface area contributed by atoms with Crippen LogP contribution >= 0.6 is 0 Å². The molecule has 5 nitrogen and oxygen atoms in total. The van der Waals surface area contributed by atoms with Crippen LogP contribution in [0.5, 0.6) is 0 Å². The van der Waals surface area contributed by atoms with Crippen LogP contribution < -0.4 is 4.90 Å². The summed E-state index contributed by atoms with van der Waals surface area (Å²) in [6.45, 7) is 2.74. The molecule has 1 aliphatic heterocycles. The molecule has 3 rings (SSSR count). The van der Waals surface area contributed by atoms with Crippen molar-refractivity contribution >= 4 is 17.5 Å². The first-order valence-electron chi connectivity index (χ1n) is 8.37. The number of amides is 2. The molecule has 2 amide bonds. The lowest BCUT2D eigenvalue weighted by Gasteiger charge is -2.39. The Kier molecular flexibility index (Phi) is 5.14. The van der Waals surface area contributed by atoms with Gasteiger partial charge in [-0.3, -0.25) is 9.59 Å². The summed E-state index contributed by atoms with van der Waals surface area (Å²) in [6.07, 6.45) is 0. The van der Waals surface area contributed by atoms with Crippen LogP contribution in [0.25, 0.3) is 11.1 Å². The maximum atomic E-state index is 12.9. The molecule has 0 spiro atoms. The topological polar surface area (TPSA) is 49.9 Å². The average molecular weight is 338 g/mol. The van der Waals surface area contributed by atoms with Crippen LogP contribution in [0, 0.1) is 0 Å². The van der Waals surface area contributed by atoms with Gasteiger partial charge in [-0.1, -0.05) is 48.5 Å². The van der Waals surface area contributed by atoms with Gasteiger partial charge < -0.3 is 14.5 Å². The number of methoxy groups -OCH3 is 1. The number of benzene rings is 2. The van der Waals surface area contributed by atoms with Gasteiger partial charge >= 0.3 is 0 Å². The molecule has 2 aromatic carbocycles. The van der Waals surface area contributed by atoms with Crippen LogP contribution in [0.15, 0.2) is 54.6 Å². The summed E-state index contributed by atoms with van der Waals surface area (Å²) in [4.78, 5) is 28.4. The maximum Gasteiger partial charge on any atom is 0.249 e. The highest BCUT2D eigenvalue weighted by atomic mass is 16.5. The second-order valence-corrected chi connectivity index (χ2v) is 6.07. The Balaban J connectivity index is 1.89. The van der Waals surface area contributed by atoms with Crippen LogP contribution in [0.3, 0.4) is 0 Å². The van der Waals surface area contributed by atoms with E-state index in [-0.39, 0.29) is 18.4 Å². The first-order valence-corrected chi connectivity index (χ1v) is 8.37. The number of hydrogen-bond acceptors (Lipinski definition) is 3. The number of ether oxygens (including phenoxy) is 1. The maximum absolute atomic E-state index is 12.9. The molecule has 5 heteroatoms. The van der Waals surface area contributed by atoms with Crippen molar-refractivity contribution < 1.29 is 14.3 Å². The molecule has 1 saturated heterocycles. The number of para-hydroxylation sites is 1. The van der Waals surface area contributed by atoms with Crippen molar-refractivity contribution in [1.29, 1.82) is 0 Å². The molecule has 0 aromatic heterocycles. The minimum Gasteiger partial charge on any atom is -0.375 e. The lowest BCUT2D eigenvalue weighted by molar-refractivity contribution is -0.143. The minimum atomic E-state index is -0.500. The third kappa shape index (κ3) is 3.42. The highest BCUT2D eigenvalue weighted by molar-refractivity contribution is 6.03. The van der Waals surface area contributed by atoms with Crippen molar-refractivity contribution in [3.8, 4) is 11.1 Å². The van der Waals surface area contributed by atoms with Gasteiger partial charge in [0.15, 0.2) is 0 Å². The van der Waals surface area contributed by atoms with Crippen molar-refractivity contribution in [2.24, 2.45) is 0 Å². The molecule has 0 saturated carbocycles. The summed E-state index contributed by atoms with van der Waals surface area (Å²) in [5.74, 6) is -0.224. The van der Waals surface area contributed by atoms with Crippen molar-refractivity contribution in [2.75, 3.05) is 31.7 Å². The monoisotopic (exact) mass is 338 g/mol. The predicted molar refractivity (Wildman–Crippen MR) is 97.3 cm³/mol.